The molecule has 132 valence electrons. The minimum atomic E-state index is -0.918. The van der Waals surface area contributed by atoms with Crippen LogP contribution in [0.25, 0.3) is 10.9 Å². The van der Waals surface area contributed by atoms with Gasteiger partial charge < -0.3 is 5.32 Å². The number of amides is 1. The molecule has 1 heterocycles. The molecule has 0 bridgehead atoms. The molecular formula is C18H22N4O2S. The third kappa shape index (κ3) is 4.02. The van der Waals surface area contributed by atoms with Crippen LogP contribution in [0.2, 0.25) is 0 Å². The van der Waals surface area contributed by atoms with E-state index in [4.69, 9.17) is 0 Å². The number of para-hydroxylation sites is 1. The summed E-state index contributed by atoms with van der Waals surface area (Å²) < 4.78 is 1.56. The van der Waals surface area contributed by atoms with Gasteiger partial charge in [0, 0.05) is 6.54 Å². The molecule has 0 aliphatic carbocycles. The maximum Gasteiger partial charge on any atom is 0.262 e. The topological polar surface area (TPSA) is 87.8 Å². The zero-order valence-electron chi connectivity index (χ0n) is 14.9. The lowest BCUT2D eigenvalue weighted by molar-refractivity contribution is -0.120. The van der Waals surface area contributed by atoms with Crippen LogP contribution in [0.3, 0.4) is 0 Å². The van der Waals surface area contributed by atoms with E-state index in [1.807, 2.05) is 26.8 Å². The predicted octanol–water partition coefficient (Wildman–Crippen LogP) is 2.56. The zero-order chi connectivity index (χ0) is 18.6. The molecule has 1 N–H and O–H groups in total. The van der Waals surface area contributed by atoms with Gasteiger partial charge in [-0.05, 0) is 31.9 Å². The van der Waals surface area contributed by atoms with E-state index in [2.05, 4.69) is 16.4 Å². The van der Waals surface area contributed by atoms with Crippen LogP contribution < -0.4 is 10.9 Å². The van der Waals surface area contributed by atoms with E-state index in [0.29, 0.717) is 22.6 Å². The Balaban J connectivity index is 2.22. The highest BCUT2D eigenvalue weighted by molar-refractivity contribution is 7.99. The molecule has 2 aromatic rings. The van der Waals surface area contributed by atoms with Gasteiger partial charge in [-0.25, -0.2) is 4.98 Å². The van der Waals surface area contributed by atoms with E-state index in [-0.39, 0.29) is 23.1 Å². The fraction of sp³-hybridized carbons (Fsp3) is 0.444. The van der Waals surface area contributed by atoms with Crippen molar-refractivity contribution in [3.8, 4) is 6.07 Å². The van der Waals surface area contributed by atoms with E-state index in [0.717, 1.165) is 0 Å². The Hall–Kier alpha value is -2.33. The first kappa shape index (κ1) is 19.0. The van der Waals surface area contributed by atoms with E-state index in [1.165, 1.54) is 11.8 Å². The van der Waals surface area contributed by atoms with E-state index in [1.54, 1.807) is 29.7 Å². The third-order valence-corrected chi connectivity index (χ3v) is 5.24. The highest BCUT2D eigenvalue weighted by Crippen LogP contribution is 2.19. The second kappa shape index (κ2) is 7.70. The van der Waals surface area contributed by atoms with Gasteiger partial charge in [0.05, 0.1) is 22.7 Å². The van der Waals surface area contributed by atoms with Crippen molar-refractivity contribution in [3.63, 3.8) is 0 Å². The SMILES string of the molecule is CCn1c(SCC(=O)N[C@@](C)(C#N)C(C)C)nc2ccccc2c1=O. The Labute approximate surface area is 151 Å². The number of aromatic nitrogens is 2. The highest BCUT2D eigenvalue weighted by atomic mass is 32.2. The number of rotatable bonds is 6. The second-order valence-corrected chi connectivity index (χ2v) is 7.21. The predicted molar refractivity (Wildman–Crippen MR) is 99.4 cm³/mol. The van der Waals surface area contributed by atoms with Gasteiger partial charge in [0.2, 0.25) is 5.91 Å². The zero-order valence-corrected chi connectivity index (χ0v) is 15.7. The Morgan fingerprint density at radius 2 is 2.12 bits per heavy atom. The molecule has 6 nitrogen and oxygen atoms in total. The monoisotopic (exact) mass is 358 g/mol. The Bertz CT molecular complexity index is 885. The number of hydrogen-bond donors (Lipinski definition) is 1. The smallest absolute Gasteiger partial charge is 0.262 e. The van der Waals surface area contributed by atoms with Crippen molar-refractivity contribution in [2.75, 3.05) is 5.75 Å². The molecular weight excluding hydrogens is 336 g/mol. The number of benzene rings is 1. The molecule has 1 atom stereocenters. The average molecular weight is 358 g/mol. The number of nitrogens with one attached hydrogen (secondary N) is 1. The van der Waals surface area contributed by atoms with Crippen LogP contribution in [0, 0.1) is 17.2 Å². The third-order valence-electron chi connectivity index (χ3n) is 4.26. The second-order valence-electron chi connectivity index (χ2n) is 6.27. The van der Waals surface area contributed by atoms with E-state index >= 15 is 0 Å². The van der Waals surface area contributed by atoms with Crippen LogP contribution in [-0.2, 0) is 11.3 Å². The number of thioether (sulfide) groups is 1. The number of fused-ring (bicyclic) bond motifs is 1. The van der Waals surface area contributed by atoms with Gasteiger partial charge >= 0.3 is 0 Å². The van der Waals surface area contributed by atoms with Crippen LogP contribution in [-0.4, -0.2) is 26.8 Å². The summed E-state index contributed by atoms with van der Waals surface area (Å²) in [5.41, 5.74) is -0.414. The lowest BCUT2D eigenvalue weighted by atomic mass is 9.90. The van der Waals surface area contributed by atoms with Gasteiger partial charge in [-0.15, -0.1) is 0 Å². The van der Waals surface area contributed by atoms with Crippen molar-refractivity contribution in [2.45, 2.75) is 44.9 Å². The van der Waals surface area contributed by atoms with E-state index in [9.17, 15) is 14.9 Å². The van der Waals surface area contributed by atoms with Crippen molar-refractivity contribution in [2.24, 2.45) is 5.92 Å². The van der Waals surface area contributed by atoms with Gasteiger partial charge in [0.1, 0.15) is 5.54 Å². The van der Waals surface area contributed by atoms with Gasteiger partial charge in [-0.3, -0.25) is 14.2 Å². The van der Waals surface area contributed by atoms with Crippen LogP contribution in [0.15, 0.2) is 34.2 Å². The van der Waals surface area contributed by atoms with Gasteiger partial charge in [-0.1, -0.05) is 37.7 Å². The number of carbonyl (C=O) groups is 1. The molecule has 0 saturated carbocycles. The summed E-state index contributed by atoms with van der Waals surface area (Å²) in [6, 6.07) is 9.32. The van der Waals surface area contributed by atoms with Crippen molar-refractivity contribution in [1.29, 1.82) is 5.26 Å². The Kier molecular flexibility index (Phi) is 5.85. The number of hydrogen-bond acceptors (Lipinski definition) is 5. The lowest BCUT2D eigenvalue weighted by Crippen LogP contribution is -2.49. The molecule has 0 spiro atoms. The van der Waals surface area contributed by atoms with E-state index < -0.39 is 5.54 Å². The summed E-state index contributed by atoms with van der Waals surface area (Å²) in [5.74, 6) is -0.179. The van der Waals surface area contributed by atoms with Crippen LogP contribution in [0.5, 0.6) is 0 Å². The highest BCUT2D eigenvalue weighted by Gasteiger charge is 2.30. The molecule has 7 heteroatoms. The summed E-state index contributed by atoms with van der Waals surface area (Å²) in [7, 11) is 0. The first-order chi connectivity index (χ1) is 11.8. The normalized spacial score (nSPS) is 13.4. The fourth-order valence-electron chi connectivity index (χ4n) is 2.29. The molecule has 1 aromatic heterocycles. The largest absolute Gasteiger partial charge is 0.337 e. The van der Waals surface area contributed by atoms with Gasteiger partial charge in [-0.2, -0.15) is 5.26 Å². The van der Waals surface area contributed by atoms with Crippen molar-refractivity contribution >= 4 is 28.6 Å². The molecule has 1 amide bonds. The van der Waals surface area contributed by atoms with Crippen molar-refractivity contribution in [3.05, 3.63) is 34.6 Å². The van der Waals surface area contributed by atoms with Crippen molar-refractivity contribution in [1.82, 2.24) is 14.9 Å². The average Bonchev–Trinajstić information content (AvgIpc) is 2.59. The summed E-state index contributed by atoms with van der Waals surface area (Å²) >= 11 is 1.20. The summed E-state index contributed by atoms with van der Waals surface area (Å²) in [5, 5.41) is 13.1. The van der Waals surface area contributed by atoms with Crippen LogP contribution >= 0.6 is 11.8 Å². The molecule has 0 unspecified atom stereocenters. The molecule has 0 saturated heterocycles. The molecule has 25 heavy (non-hydrogen) atoms. The first-order valence-corrected chi connectivity index (χ1v) is 9.15. The minimum Gasteiger partial charge on any atom is -0.337 e. The summed E-state index contributed by atoms with van der Waals surface area (Å²) in [6.45, 7) is 7.82. The minimum absolute atomic E-state index is 0.0148. The lowest BCUT2D eigenvalue weighted by Gasteiger charge is -2.27. The molecule has 2 rings (SSSR count). The standard InChI is InChI=1S/C18H22N4O2S/c1-5-22-16(24)13-8-6-7-9-14(13)20-17(22)25-10-15(23)21-18(4,11-19)12(2)3/h6-9,12H,5,10H2,1-4H3,(H,21,23)/t18-/m0/s1. The number of nitriles is 1. The molecule has 1 aromatic carbocycles. The number of nitrogens with zero attached hydrogens (tertiary/aromatic N) is 3. The molecule has 0 aliphatic rings. The fourth-order valence-corrected chi connectivity index (χ4v) is 3.16. The van der Waals surface area contributed by atoms with Gasteiger partial charge in [0.25, 0.3) is 5.56 Å². The molecule has 0 aliphatic heterocycles. The molecule has 0 fully saturated rings. The van der Waals surface area contributed by atoms with Gasteiger partial charge in [0.15, 0.2) is 5.16 Å². The maximum atomic E-state index is 12.6. The van der Waals surface area contributed by atoms with Crippen LogP contribution in [0.4, 0.5) is 0 Å². The summed E-state index contributed by atoms with van der Waals surface area (Å²) in [4.78, 5) is 29.3. The quantitative estimate of drug-likeness (QED) is 0.633. The molecule has 0 radical (unpaired) electrons. The van der Waals surface area contributed by atoms with Crippen molar-refractivity contribution < 1.29 is 4.79 Å². The number of carbonyl (C=O) groups excluding carboxylic acids is 1. The summed E-state index contributed by atoms with van der Waals surface area (Å²) in [6.07, 6.45) is 0. The Morgan fingerprint density at radius 1 is 1.44 bits per heavy atom. The van der Waals surface area contributed by atoms with Crippen LogP contribution in [0.1, 0.15) is 27.7 Å². The Morgan fingerprint density at radius 3 is 2.72 bits per heavy atom. The maximum absolute atomic E-state index is 12.6. The first-order valence-electron chi connectivity index (χ1n) is 8.17.